The first-order valence-electron chi connectivity index (χ1n) is 8.72. The van der Waals surface area contributed by atoms with E-state index in [1.165, 1.54) is 4.31 Å². The molecule has 1 saturated heterocycles. The number of sulfonamides is 1. The molecule has 2 aromatic heterocycles. The van der Waals surface area contributed by atoms with Crippen LogP contribution in [0.4, 0.5) is 5.82 Å². The lowest BCUT2D eigenvalue weighted by Gasteiger charge is -2.34. The maximum absolute atomic E-state index is 12.5. The van der Waals surface area contributed by atoms with E-state index in [1.807, 2.05) is 24.3 Å². The van der Waals surface area contributed by atoms with E-state index in [0.29, 0.717) is 37.8 Å². The van der Waals surface area contributed by atoms with E-state index >= 15 is 0 Å². The average Bonchev–Trinajstić information content (AvgIpc) is 3.21. The van der Waals surface area contributed by atoms with Crippen molar-refractivity contribution in [1.82, 2.24) is 19.9 Å². The molecule has 0 aliphatic carbocycles. The minimum absolute atomic E-state index is 0.000834. The first kappa shape index (κ1) is 19.6. The second-order valence-corrected chi connectivity index (χ2v) is 8.58. The fraction of sp³-hybridized carbons (Fsp3) is 0.412. The van der Waals surface area contributed by atoms with Crippen LogP contribution in [0.3, 0.4) is 0 Å². The first-order valence-corrected chi connectivity index (χ1v) is 10.7. The Bertz CT molecular complexity index is 820. The van der Waals surface area contributed by atoms with Crippen molar-refractivity contribution in [3.05, 3.63) is 48.6 Å². The van der Waals surface area contributed by atoms with E-state index in [2.05, 4.69) is 20.5 Å². The van der Waals surface area contributed by atoms with Gasteiger partial charge >= 0.3 is 0 Å². The molecule has 1 aliphatic heterocycles. The summed E-state index contributed by atoms with van der Waals surface area (Å²) in [4.78, 5) is 6.41. The van der Waals surface area contributed by atoms with Crippen molar-refractivity contribution in [3.63, 3.8) is 0 Å². The SMILES string of the molecule is O=S(=O)(CCNC(=S)NCc1ccco1)N1CCN(c2ccccn2)CC1. The van der Waals surface area contributed by atoms with Gasteiger partial charge in [0, 0.05) is 38.9 Å². The minimum atomic E-state index is -3.32. The summed E-state index contributed by atoms with van der Waals surface area (Å²) in [6, 6.07) is 9.37. The highest BCUT2D eigenvalue weighted by Crippen LogP contribution is 2.14. The third kappa shape index (κ3) is 5.65. The summed E-state index contributed by atoms with van der Waals surface area (Å²) in [7, 11) is -3.32. The van der Waals surface area contributed by atoms with Crippen molar-refractivity contribution in [2.75, 3.05) is 43.4 Å². The third-order valence-electron chi connectivity index (χ3n) is 4.25. The standard InChI is InChI=1S/C17H23N5O3S2/c23-27(24,13-7-19-17(26)20-14-15-4-3-12-25-15)22-10-8-21(9-11-22)16-5-1-2-6-18-16/h1-6,12H,7-11,13-14H2,(H2,19,20,26). The topological polar surface area (TPSA) is 90.7 Å². The summed E-state index contributed by atoms with van der Waals surface area (Å²) in [6.45, 7) is 2.90. The number of pyridine rings is 1. The second-order valence-electron chi connectivity index (χ2n) is 6.08. The zero-order valence-corrected chi connectivity index (χ0v) is 16.5. The van der Waals surface area contributed by atoms with Crippen molar-refractivity contribution in [1.29, 1.82) is 0 Å². The Kier molecular flexibility index (Phi) is 6.64. The molecule has 0 saturated carbocycles. The van der Waals surface area contributed by atoms with Crippen molar-refractivity contribution in [2.45, 2.75) is 6.54 Å². The Morgan fingerprint density at radius 1 is 1.15 bits per heavy atom. The third-order valence-corrected chi connectivity index (χ3v) is 6.41. The molecule has 0 unspecified atom stereocenters. The van der Waals surface area contributed by atoms with Crippen molar-refractivity contribution >= 4 is 33.2 Å². The van der Waals surface area contributed by atoms with Crippen LogP contribution < -0.4 is 15.5 Å². The Morgan fingerprint density at radius 2 is 1.96 bits per heavy atom. The molecule has 1 aliphatic rings. The molecule has 3 heterocycles. The van der Waals surface area contributed by atoms with Crippen molar-refractivity contribution < 1.29 is 12.8 Å². The lowest BCUT2D eigenvalue weighted by molar-refractivity contribution is 0.384. The molecule has 2 N–H and O–H groups in total. The van der Waals surface area contributed by atoms with Gasteiger partial charge in [-0.1, -0.05) is 6.07 Å². The molecule has 0 radical (unpaired) electrons. The normalized spacial score (nSPS) is 15.5. The van der Waals surface area contributed by atoms with E-state index in [4.69, 9.17) is 16.6 Å². The van der Waals surface area contributed by atoms with Crippen LogP contribution in [-0.4, -0.2) is 61.3 Å². The summed E-state index contributed by atoms with van der Waals surface area (Å²) in [5.41, 5.74) is 0. The number of nitrogens with one attached hydrogen (secondary N) is 2. The van der Waals surface area contributed by atoms with Gasteiger partial charge < -0.3 is 20.0 Å². The molecule has 1 fully saturated rings. The Balaban J connectivity index is 1.39. The van der Waals surface area contributed by atoms with Gasteiger partial charge in [0.25, 0.3) is 0 Å². The van der Waals surface area contributed by atoms with Gasteiger partial charge in [-0.15, -0.1) is 0 Å². The molecule has 0 aromatic carbocycles. The molecule has 3 rings (SSSR count). The van der Waals surface area contributed by atoms with Crippen LogP contribution in [0.1, 0.15) is 5.76 Å². The summed E-state index contributed by atoms with van der Waals surface area (Å²) in [5.74, 6) is 1.64. The first-order chi connectivity index (χ1) is 13.0. The Morgan fingerprint density at radius 3 is 2.63 bits per heavy atom. The number of nitrogens with zero attached hydrogens (tertiary/aromatic N) is 3. The number of hydrogen-bond donors (Lipinski definition) is 2. The predicted molar refractivity (Wildman–Crippen MR) is 108 cm³/mol. The van der Waals surface area contributed by atoms with Crippen LogP contribution in [0.15, 0.2) is 47.2 Å². The number of anilines is 1. The van der Waals surface area contributed by atoms with Gasteiger partial charge in [-0.25, -0.2) is 13.4 Å². The maximum atomic E-state index is 12.5. The quantitative estimate of drug-likeness (QED) is 0.649. The Hall–Kier alpha value is -2.17. The van der Waals surface area contributed by atoms with Crippen LogP contribution in [0.2, 0.25) is 0 Å². The van der Waals surface area contributed by atoms with E-state index in [0.717, 1.165) is 11.6 Å². The predicted octanol–water partition coefficient (Wildman–Crippen LogP) is 0.791. The molecule has 0 bridgehead atoms. The smallest absolute Gasteiger partial charge is 0.215 e. The van der Waals surface area contributed by atoms with Crippen LogP contribution in [0.25, 0.3) is 0 Å². The molecule has 0 spiro atoms. The maximum Gasteiger partial charge on any atom is 0.215 e. The summed E-state index contributed by atoms with van der Waals surface area (Å²) in [6.07, 6.45) is 3.33. The van der Waals surface area contributed by atoms with Gasteiger partial charge in [0.2, 0.25) is 10.0 Å². The largest absolute Gasteiger partial charge is 0.467 e. The highest BCUT2D eigenvalue weighted by atomic mass is 32.2. The molecule has 0 amide bonds. The highest BCUT2D eigenvalue weighted by Gasteiger charge is 2.27. The van der Waals surface area contributed by atoms with Gasteiger partial charge in [-0.3, -0.25) is 0 Å². The van der Waals surface area contributed by atoms with Gasteiger partial charge in [0.05, 0.1) is 18.6 Å². The van der Waals surface area contributed by atoms with E-state index in [-0.39, 0.29) is 12.3 Å². The molecule has 27 heavy (non-hydrogen) atoms. The number of aromatic nitrogens is 1. The average molecular weight is 410 g/mol. The molecule has 10 heteroatoms. The summed E-state index contributed by atoms with van der Waals surface area (Å²) in [5, 5.41) is 6.31. The van der Waals surface area contributed by atoms with Crippen molar-refractivity contribution in [2.24, 2.45) is 0 Å². The van der Waals surface area contributed by atoms with E-state index < -0.39 is 10.0 Å². The monoisotopic (exact) mass is 409 g/mol. The molecule has 146 valence electrons. The molecule has 0 atom stereocenters. The summed E-state index contributed by atoms with van der Waals surface area (Å²) >= 11 is 5.16. The number of piperazine rings is 1. The fourth-order valence-corrected chi connectivity index (χ4v) is 4.31. The number of hydrogen-bond acceptors (Lipinski definition) is 6. The Labute approximate surface area is 164 Å². The zero-order valence-electron chi connectivity index (χ0n) is 14.9. The lowest BCUT2D eigenvalue weighted by Crippen LogP contribution is -2.50. The van der Waals surface area contributed by atoms with Crippen LogP contribution >= 0.6 is 12.2 Å². The van der Waals surface area contributed by atoms with Crippen LogP contribution in [-0.2, 0) is 16.6 Å². The van der Waals surface area contributed by atoms with E-state index in [1.54, 1.807) is 18.5 Å². The number of furan rings is 1. The van der Waals surface area contributed by atoms with Gasteiger partial charge in [0.1, 0.15) is 11.6 Å². The second kappa shape index (κ2) is 9.16. The van der Waals surface area contributed by atoms with Crippen LogP contribution in [0.5, 0.6) is 0 Å². The van der Waals surface area contributed by atoms with Gasteiger partial charge in [-0.2, -0.15) is 4.31 Å². The molecule has 8 nitrogen and oxygen atoms in total. The zero-order chi connectivity index (χ0) is 19.1. The summed E-state index contributed by atoms with van der Waals surface area (Å²) < 4.78 is 31.8. The molecule has 2 aromatic rings. The van der Waals surface area contributed by atoms with Gasteiger partial charge in [-0.05, 0) is 36.5 Å². The lowest BCUT2D eigenvalue weighted by atomic mass is 10.3. The van der Waals surface area contributed by atoms with Crippen LogP contribution in [0, 0.1) is 0 Å². The molecular formula is C17H23N5O3S2. The number of thiocarbonyl (C=S) groups is 1. The highest BCUT2D eigenvalue weighted by molar-refractivity contribution is 7.89. The van der Waals surface area contributed by atoms with Crippen molar-refractivity contribution in [3.8, 4) is 0 Å². The van der Waals surface area contributed by atoms with Gasteiger partial charge in [0.15, 0.2) is 5.11 Å². The fourth-order valence-electron chi connectivity index (χ4n) is 2.80. The van der Waals surface area contributed by atoms with E-state index in [9.17, 15) is 8.42 Å². The minimum Gasteiger partial charge on any atom is -0.467 e. The molecular weight excluding hydrogens is 386 g/mol. The number of rotatable bonds is 7.